The van der Waals surface area contributed by atoms with Crippen molar-refractivity contribution in [2.24, 2.45) is 5.92 Å². The lowest BCUT2D eigenvalue weighted by molar-refractivity contribution is -0.153. The first-order chi connectivity index (χ1) is 10.2. The van der Waals surface area contributed by atoms with Gasteiger partial charge in [0.15, 0.2) is 0 Å². The van der Waals surface area contributed by atoms with Crippen molar-refractivity contribution in [2.75, 3.05) is 19.7 Å². The maximum atomic E-state index is 12.8. The van der Waals surface area contributed by atoms with Gasteiger partial charge in [-0.05, 0) is 64.3 Å². The molecule has 0 aromatic heterocycles. The quantitative estimate of drug-likeness (QED) is 0.628. The predicted molar refractivity (Wildman–Crippen MR) is 83.1 cm³/mol. The van der Waals surface area contributed by atoms with Gasteiger partial charge in [-0.25, -0.2) is 4.79 Å². The average molecular weight is 294 g/mol. The van der Waals surface area contributed by atoms with Gasteiger partial charge in [0, 0.05) is 18.6 Å². The van der Waals surface area contributed by atoms with Gasteiger partial charge in [-0.15, -0.1) is 0 Å². The molecule has 3 saturated carbocycles. The summed E-state index contributed by atoms with van der Waals surface area (Å²) in [6, 6.07) is 1.25. The zero-order chi connectivity index (χ0) is 14.9. The summed E-state index contributed by atoms with van der Waals surface area (Å²) in [6.07, 6.45) is 8.52. The van der Waals surface area contributed by atoms with E-state index >= 15 is 0 Å². The van der Waals surface area contributed by atoms with Crippen LogP contribution in [0.25, 0.3) is 0 Å². The topological polar surface area (TPSA) is 41.6 Å². The van der Waals surface area contributed by atoms with Gasteiger partial charge in [0.25, 0.3) is 0 Å². The van der Waals surface area contributed by atoms with Crippen molar-refractivity contribution in [3.05, 3.63) is 0 Å². The lowest BCUT2D eigenvalue weighted by Gasteiger charge is -2.38. The molecule has 3 aliphatic carbocycles. The second-order valence-electron chi connectivity index (χ2n) is 7.09. The third-order valence-electron chi connectivity index (χ3n) is 4.98. The van der Waals surface area contributed by atoms with Crippen molar-refractivity contribution in [1.82, 2.24) is 10.2 Å². The van der Waals surface area contributed by atoms with E-state index in [1.807, 2.05) is 6.92 Å². The van der Waals surface area contributed by atoms with Crippen LogP contribution in [0.1, 0.15) is 58.8 Å². The van der Waals surface area contributed by atoms with Crippen LogP contribution in [0.4, 0.5) is 0 Å². The highest BCUT2D eigenvalue weighted by molar-refractivity contribution is 5.82. The van der Waals surface area contributed by atoms with E-state index in [0.29, 0.717) is 24.6 Å². The zero-order valence-corrected chi connectivity index (χ0v) is 13.6. The maximum Gasteiger partial charge on any atom is 0.327 e. The van der Waals surface area contributed by atoms with E-state index in [4.69, 9.17) is 4.74 Å². The minimum Gasteiger partial charge on any atom is -0.465 e. The largest absolute Gasteiger partial charge is 0.465 e. The van der Waals surface area contributed by atoms with Crippen LogP contribution < -0.4 is 5.32 Å². The summed E-state index contributed by atoms with van der Waals surface area (Å²) in [4.78, 5) is 15.3. The molecule has 4 nitrogen and oxygen atoms in total. The van der Waals surface area contributed by atoms with E-state index in [2.05, 4.69) is 17.1 Å². The molecule has 0 radical (unpaired) electrons. The standard InChI is InChI=1S/C17H30N2O2/c1-3-11-19(15-9-10-15)12-17(13-5-6-13,16(20)21-4-2)18-14-7-8-14/h13-15,18H,3-12H2,1-2H3. The molecule has 21 heavy (non-hydrogen) atoms. The van der Waals surface area contributed by atoms with Gasteiger partial charge in [-0.2, -0.15) is 0 Å². The Bertz CT molecular complexity index is 375. The number of nitrogens with zero attached hydrogens (tertiary/aromatic N) is 1. The van der Waals surface area contributed by atoms with Gasteiger partial charge in [-0.1, -0.05) is 6.92 Å². The molecule has 0 amide bonds. The van der Waals surface area contributed by atoms with Crippen molar-refractivity contribution in [2.45, 2.75) is 76.4 Å². The number of carbonyl (C=O) groups is 1. The lowest BCUT2D eigenvalue weighted by Crippen LogP contribution is -2.62. The SMILES string of the molecule is CCCN(CC(NC1CC1)(C(=O)OCC)C1CC1)C1CC1. The second kappa shape index (κ2) is 6.25. The fourth-order valence-electron chi connectivity index (χ4n) is 3.45. The average Bonchev–Trinajstić information content (AvgIpc) is 3.27. The molecule has 1 N–H and O–H groups in total. The molecule has 0 aromatic carbocycles. The Morgan fingerprint density at radius 1 is 1.19 bits per heavy atom. The molecule has 1 atom stereocenters. The van der Waals surface area contributed by atoms with Crippen LogP contribution in [-0.2, 0) is 9.53 Å². The number of carbonyl (C=O) groups excluding carboxylic acids is 1. The van der Waals surface area contributed by atoms with Crippen molar-refractivity contribution in [3.63, 3.8) is 0 Å². The van der Waals surface area contributed by atoms with E-state index in [1.165, 1.54) is 38.5 Å². The van der Waals surface area contributed by atoms with E-state index in [1.54, 1.807) is 0 Å². The van der Waals surface area contributed by atoms with Crippen molar-refractivity contribution in [1.29, 1.82) is 0 Å². The Morgan fingerprint density at radius 2 is 1.90 bits per heavy atom. The first-order valence-electron chi connectivity index (χ1n) is 8.88. The molecule has 4 heteroatoms. The third kappa shape index (κ3) is 3.59. The summed E-state index contributed by atoms with van der Waals surface area (Å²) in [6.45, 7) is 6.58. The summed E-state index contributed by atoms with van der Waals surface area (Å²) in [5.41, 5.74) is -0.436. The van der Waals surface area contributed by atoms with E-state index in [0.717, 1.165) is 19.5 Å². The molecule has 0 aromatic rings. The molecule has 0 aliphatic heterocycles. The molecule has 1 unspecified atom stereocenters. The lowest BCUT2D eigenvalue weighted by atomic mass is 9.91. The molecule has 0 saturated heterocycles. The fraction of sp³-hybridized carbons (Fsp3) is 0.941. The van der Waals surface area contributed by atoms with Crippen LogP contribution in [-0.4, -0.2) is 48.2 Å². The van der Waals surface area contributed by atoms with Crippen molar-refractivity contribution in [3.8, 4) is 0 Å². The maximum absolute atomic E-state index is 12.8. The molecule has 0 heterocycles. The number of hydrogen-bond acceptors (Lipinski definition) is 4. The number of ether oxygens (including phenoxy) is 1. The van der Waals surface area contributed by atoms with Gasteiger partial charge < -0.3 is 4.74 Å². The highest BCUT2D eigenvalue weighted by Gasteiger charge is 2.55. The smallest absolute Gasteiger partial charge is 0.327 e. The van der Waals surface area contributed by atoms with Crippen LogP contribution >= 0.6 is 0 Å². The first kappa shape index (κ1) is 15.3. The Kier molecular flexibility index (Phi) is 4.55. The highest BCUT2D eigenvalue weighted by Crippen LogP contribution is 2.44. The summed E-state index contributed by atoms with van der Waals surface area (Å²) in [5, 5.41) is 3.71. The minimum atomic E-state index is -0.436. The van der Waals surface area contributed by atoms with Gasteiger partial charge in [0.1, 0.15) is 5.54 Å². The van der Waals surface area contributed by atoms with Crippen LogP contribution in [0.5, 0.6) is 0 Å². The minimum absolute atomic E-state index is 0.00107. The number of rotatable bonds is 10. The van der Waals surface area contributed by atoms with Crippen LogP contribution in [0.3, 0.4) is 0 Å². The summed E-state index contributed by atoms with van der Waals surface area (Å²) in [7, 11) is 0. The normalized spacial score (nSPS) is 24.9. The number of esters is 1. The first-order valence-corrected chi connectivity index (χ1v) is 8.88. The van der Waals surface area contributed by atoms with Crippen molar-refractivity contribution >= 4 is 5.97 Å². The van der Waals surface area contributed by atoms with Crippen molar-refractivity contribution < 1.29 is 9.53 Å². The molecule has 3 rings (SSSR count). The Labute approximate surface area is 128 Å². The molecular formula is C17H30N2O2. The fourth-order valence-corrected chi connectivity index (χ4v) is 3.45. The summed E-state index contributed by atoms with van der Waals surface area (Å²) >= 11 is 0. The molecule has 120 valence electrons. The molecule has 0 bridgehead atoms. The molecular weight excluding hydrogens is 264 g/mol. The van der Waals surface area contributed by atoms with E-state index in [9.17, 15) is 4.79 Å². The van der Waals surface area contributed by atoms with Crippen LogP contribution in [0, 0.1) is 5.92 Å². The second-order valence-corrected chi connectivity index (χ2v) is 7.09. The number of hydrogen-bond donors (Lipinski definition) is 1. The number of nitrogens with one attached hydrogen (secondary N) is 1. The Hall–Kier alpha value is -0.610. The van der Waals surface area contributed by atoms with E-state index in [-0.39, 0.29) is 5.97 Å². The summed E-state index contributed by atoms with van der Waals surface area (Å²) in [5.74, 6) is 0.483. The molecule has 0 spiro atoms. The monoisotopic (exact) mass is 294 g/mol. The van der Waals surface area contributed by atoms with Crippen LogP contribution in [0.15, 0.2) is 0 Å². The van der Waals surface area contributed by atoms with Crippen LogP contribution in [0.2, 0.25) is 0 Å². The summed E-state index contributed by atoms with van der Waals surface area (Å²) < 4.78 is 5.49. The zero-order valence-electron chi connectivity index (χ0n) is 13.6. The van der Waals surface area contributed by atoms with E-state index < -0.39 is 5.54 Å². The Balaban J connectivity index is 1.76. The molecule has 3 aliphatic rings. The van der Waals surface area contributed by atoms with Gasteiger partial charge >= 0.3 is 5.97 Å². The molecule has 3 fully saturated rings. The highest BCUT2D eigenvalue weighted by atomic mass is 16.5. The third-order valence-corrected chi connectivity index (χ3v) is 4.98. The van der Waals surface area contributed by atoms with Gasteiger partial charge in [-0.3, -0.25) is 10.2 Å². The van der Waals surface area contributed by atoms with Gasteiger partial charge in [0.2, 0.25) is 0 Å². The predicted octanol–water partition coefficient (Wildman–Crippen LogP) is 2.32. The Morgan fingerprint density at radius 3 is 2.38 bits per heavy atom. The van der Waals surface area contributed by atoms with Gasteiger partial charge in [0.05, 0.1) is 6.61 Å².